The average molecular weight is 257 g/mol. The van der Waals surface area contributed by atoms with Gasteiger partial charge in [0.05, 0.1) is 0 Å². The van der Waals surface area contributed by atoms with E-state index in [9.17, 15) is 9.59 Å². The molecule has 0 aliphatic carbocycles. The minimum atomic E-state index is -1.38. The lowest BCUT2D eigenvalue weighted by Gasteiger charge is -2.49. The highest BCUT2D eigenvalue weighted by Crippen LogP contribution is 2.52. The molecule has 6 heteroatoms. The van der Waals surface area contributed by atoms with Crippen LogP contribution in [0.1, 0.15) is 27.7 Å². The summed E-state index contributed by atoms with van der Waals surface area (Å²) in [5.74, 6) is -0.150. The second kappa shape index (κ2) is 3.58. The summed E-state index contributed by atoms with van der Waals surface area (Å²) >= 11 is 0. The SMILES string of the molecule is CC1C(C)[PH](=N)C(C)C2(C)C(=O)N(C)C(=O)N12. The Hall–Kier alpha value is -0.830. The highest BCUT2D eigenvalue weighted by molar-refractivity contribution is 7.48. The van der Waals surface area contributed by atoms with Gasteiger partial charge < -0.3 is 10.1 Å². The number of nitrogens with one attached hydrogen (secondary N) is 1. The molecule has 2 heterocycles. The van der Waals surface area contributed by atoms with E-state index in [-0.39, 0.29) is 29.3 Å². The minimum absolute atomic E-state index is 0.0241. The number of nitrogens with zero attached hydrogens (tertiary/aromatic N) is 2. The van der Waals surface area contributed by atoms with Crippen LogP contribution < -0.4 is 0 Å². The number of urea groups is 1. The molecular weight excluding hydrogens is 237 g/mol. The fourth-order valence-electron chi connectivity index (χ4n) is 3.06. The van der Waals surface area contributed by atoms with E-state index in [0.717, 1.165) is 0 Å². The smallest absolute Gasteiger partial charge is 0.321 e. The van der Waals surface area contributed by atoms with Crippen molar-refractivity contribution in [3.63, 3.8) is 0 Å². The Labute approximate surface area is 102 Å². The molecule has 2 rings (SSSR count). The molecule has 5 nitrogen and oxygen atoms in total. The molecule has 0 bridgehead atoms. The zero-order valence-corrected chi connectivity index (χ0v) is 11.9. The first-order valence-corrected chi connectivity index (χ1v) is 7.59. The van der Waals surface area contributed by atoms with E-state index in [1.54, 1.807) is 4.90 Å². The summed E-state index contributed by atoms with van der Waals surface area (Å²) in [5, 5.41) is 8.31. The van der Waals surface area contributed by atoms with Gasteiger partial charge in [-0.1, -0.05) is 13.8 Å². The van der Waals surface area contributed by atoms with Gasteiger partial charge in [0, 0.05) is 24.4 Å². The highest BCUT2D eigenvalue weighted by atomic mass is 31.1. The molecule has 17 heavy (non-hydrogen) atoms. The molecule has 2 aliphatic rings. The van der Waals surface area contributed by atoms with Gasteiger partial charge >= 0.3 is 6.03 Å². The van der Waals surface area contributed by atoms with Gasteiger partial charge in [0.2, 0.25) is 0 Å². The van der Waals surface area contributed by atoms with Crippen LogP contribution in [-0.2, 0) is 4.79 Å². The summed E-state index contributed by atoms with van der Waals surface area (Å²) in [7, 11) is 0.158. The second-order valence-corrected chi connectivity index (χ2v) is 8.06. The molecule has 1 N–H and O–H groups in total. The monoisotopic (exact) mass is 257 g/mol. The van der Waals surface area contributed by atoms with E-state index in [2.05, 4.69) is 0 Å². The van der Waals surface area contributed by atoms with E-state index in [1.165, 1.54) is 11.9 Å². The Balaban J connectivity index is 2.57. The van der Waals surface area contributed by atoms with Crippen LogP contribution in [0.3, 0.4) is 0 Å². The summed E-state index contributed by atoms with van der Waals surface area (Å²) in [6, 6.07) is -0.234. The van der Waals surface area contributed by atoms with Crippen molar-refractivity contribution in [1.29, 1.82) is 5.16 Å². The van der Waals surface area contributed by atoms with Gasteiger partial charge in [0.1, 0.15) is 5.54 Å². The third-order valence-corrected chi connectivity index (χ3v) is 7.62. The third-order valence-electron chi connectivity index (χ3n) is 4.66. The van der Waals surface area contributed by atoms with Crippen LogP contribution >= 0.6 is 7.71 Å². The van der Waals surface area contributed by atoms with Crippen molar-refractivity contribution in [2.24, 2.45) is 0 Å². The first-order chi connectivity index (χ1) is 7.74. The average Bonchev–Trinajstić information content (AvgIpc) is 2.47. The number of imide groups is 1. The van der Waals surface area contributed by atoms with E-state index in [1.807, 2.05) is 27.7 Å². The Morgan fingerprint density at radius 3 is 2.35 bits per heavy atom. The maximum absolute atomic E-state index is 12.3. The number of hydrogen-bond acceptors (Lipinski definition) is 3. The summed E-state index contributed by atoms with van der Waals surface area (Å²) in [5.41, 5.74) is -0.653. The molecule has 96 valence electrons. The Morgan fingerprint density at radius 1 is 1.29 bits per heavy atom. The van der Waals surface area contributed by atoms with Crippen molar-refractivity contribution in [2.45, 2.75) is 50.6 Å². The number of rotatable bonds is 0. The van der Waals surface area contributed by atoms with Crippen molar-refractivity contribution in [3.8, 4) is 0 Å². The van der Waals surface area contributed by atoms with Crippen molar-refractivity contribution in [3.05, 3.63) is 0 Å². The number of carbonyl (C=O) groups excluding carboxylic acids is 2. The fraction of sp³-hybridized carbons (Fsp3) is 0.818. The predicted molar refractivity (Wildman–Crippen MR) is 67.8 cm³/mol. The van der Waals surface area contributed by atoms with E-state index in [0.29, 0.717) is 0 Å². The van der Waals surface area contributed by atoms with Crippen molar-refractivity contribution in [2.75, 3.05) is 7.05 Å². The summed E-state index contributed by atoms with van der Waals surface area (Å²) < 4.78 is 0. The van der Waals surface area contributed by atoms with Crippen LogP contribution in [0.5, 0.6) is 0 Å². The number of carbonyl (C=O) groups is 2. The summed E-state index contributed by atoms with van der Waals surface area (Å²) in [4.78, 5) is 27.3. The van der Waals surface area contributed by atoms with Crippen LogP contribution in [0.4, 0.5) is 4.79 Å². The van der Waals surface area contributed by atoms with Crippen LogP contribution in [0.15, 0.2) is 0 Å². The maximum Gasteiger partial charge on any atom is 0.327 e. The van der Waals surface area contributed by atoms with Gasteiger partial charge in [-0.2, -0.15) is 0 Å². The number of amides is 3. The second-order valence-electron chi connectivity index (χ2n) is 5.37. The van der Waals surface area contributed by atoms with Crippen LogP contribution in [0, 0.1) is 5.16 Å². The van der Waals surface area contributed by atoms with E-state index < -0.39 is 13.3 Å². The molecular formula is C11H20N3O2P. The first-order valence-electron chi connectivity index (χ1n) is 5.94. The van der Waals surface area contributed by atoms with Gasteiger partial charge in [-0.15, -0.1) is 0 Å². The summed E-state index contributed by atoms with van der Waals surface area (Å²) in [6.07, 6.45) is 0. The zero-order valence-electron chi connectivity index (χ0n) is 10.9. The highest BCUT2D eigenvalue weighted by Gasteiger charge is 2.61. The van der Waals surface area contributed by atoms with Gasteiger partial charge in [0.25, 0.3) is 5.91 Å². The lowest BCUT2D eigenvalue weighted by Crippen LogP contribution is -2.62. The third kappa shape index (κ3) is 1.29. The standard InChI is InChI=1S/C11H20N3O2P/c1-6-7(2)17(12)8(3)11(4)9(15)13(5)10(16)14(6)11/h6-8,12,17H,1-5H3. The first kappa shape index (κ1) is 12.6. The topological polar surface area (TPSA) is 64.5 Å². The van der Waals surface area contributed by atoms with Crippen molar-refractivity contribution >= 4 is 19.7 Å². The quantitative estimate of drug-likeness (QED) is 0.531. The molecule has 0 radical (unpaired) electrons. The molecule has 2 saturated heterocycles. The lowest BCUT2D eigenvalue weighted by molar-refractivity contribution is -0.132. The molecule has 5 unspecified atom stereocenters. The molecule has 2 aliphatic heterocycles. The van der Waals surface area contributed by atoms with Gasteiger partial charge in [-0.05, 0) is 21.6 Å². The Morgan fingerprint density at radius 2 is 1.82 bits per heavy atom. The van der Waals surface area contributed by atoms with Gasteiger partial charge in [-0.3, -0.25) is 9.69 Å². The van der Waals surface area contributed by atoms with Gasteiger partial charge in [0.15, 0.2) is 0 Å². The van der Waals surface area contributed by atoms with E-state index >= 15 is 0 Å². The summed E-state index contributed by atoms with van der Waals surface area (Å²) in [6.45, 7) is 7.75. The van der Waals surface area contributed by atoms with Crippen molar-refractivity contribution in [1.82, 2.24) is 9.80 Å². The molecule has 0 aromatic carbocycles. The minimum Gasteiger partial charge on any atom is -0.321 e. The maximum atomic E-state index is 12.3. The number of likely N-dealkylation sites (N-methyl/N-ethyl adjacent to an activating group) is 1. The largest absolute Gasteiger partial charge is 0.327 e. The Bertz CT molecular complexity index is 425. The molecule has 3 amide bonds. The molecule has 0 aromatic heterocycles. The van der Waals surface area contributed by atoms with Crippen LogP contribution in [0.25, 0.3) is 0 Å². The molecule has 0 aromatic rings. The fourth-order valence-corrected chi connectivity index (χ4v) is 5.39. The number of fused-ring (bicyclic) bond motifs is 1. The predicted octanol–water partition coefficient (Wildman–Crippen LogP) is 1.79. The molecule has 2 fully saturated rings. The number of hydrogen-bond donors (Lipinski definition) is 1. The van der Waals surface area contributed by atoms with Crippen molar-refractivity contribution < 1.29 is 9.59 Å². The van der Waals surface area contributed by atoms with E-state index in [4.69, 9.17) is 5.16 Å². The lowest BCUT2D eigenvalue weighted by atomic mass is 9.93. The molecule has 5 atom stereocenters. The Kier molecular flexibility index (Phi) is 2.66. The normalized spacial score (nSPS) is 46.4. The molecule has 0 spiro atoms. The molecule has 0 saturated carbocycles. The van der Waals surface area contributed by atoms with Crippen LogP contribution in [0.2, 0.25) is 0 Å². The van der Waals surface area contributed by atoms with Crippen LogP contribution in [-0.4, -0.2) is 51.7 Å². The zero-order chi connectivity index (χ0) is 13.1. The van der Waals surface area contributed by atoms with Gasteiger partial charge in [-0.25, -0.2) is 4.79 Å².